The second kappa shape index (κ2) is 4.14. The van der Waals surface area contributed by atoms with Crippen molar-refractivity contribution in [2.75, 3.05) is 11.5 Å². The summed E-state index contributed by atoms with van der Waals surface area (Å²) in [5.74, 6) is 0.890. The first-order valence-electron chi connectivity index (χ1n) is 5.17. The average Bonchev–Trinajstić information content (AvgIpc) is 2.71. The summed E-state index contributed by atoms with van der Waals surface area (Å²) in [5, 5.41) is 12.9. The first kappa shape index (κ1) is 11.5. The Morgan fingerprint density at radius 1 is 1.62 bits per heavy atom. The molecule has 1 aliphatic heterocycles. The summed E-state index contributed by atoms with van der Waals surface area (Å²) in [5.41, 5.74) is 0. The van der Waals surface area contributed by atoms with Crippen molar-refractivity contribution in [2.24, 2.45) is 0 Å². The van der Waals surface area contributed by atoms with E-state index in [9.17, 15) is 8.42 Å². The predicted octanol–water partition coefficient (Wildman–Crippen LogP) is -0.105. The van der Waals surface area contributed by atoms with Crippen LogP contribution in [0.25, 0.3) is 0 Å². The van der Waals surface area contributed by atoms with E-state index < -0.39 is 15.9 Å². The number of hydrogen-bond acceptors (Lipinski definition) is 6. The van der Waals surface area contributed by atoms with Crippen molar-refractivity contribution < 1.29 is 18.0 Å². The largest absolute Gasteiger partial charge is 0.393 e. The Labute approximate surface area is 93.6 Å². The van der Waals surface area contributed by atoms with Crippen molar-refractivity contribution in [1.29, 1.82) is 0 Å². The van der Waals surface area contributed by atoms with Gasteiger partial charge in [-0.05, 0) is 13.3 Å². The van der Waals surface area contributed by atoms with Crippen LogP contribution in [0.5, 0.6) is 0 Å². The number of nitrogens with zero attached hydrogens (tertiary/aromatic N) is 2. The van der Waals surface area contributed by atoms with Crippen molar-refractivity contribution in [3.8, 4) is 0 Å². The van der Waals surface area contributed by atoms with Crippen molar-refractivity contribution in [1.82, 2.24) is 10.1 Å². The standard InChI is InChI=1S/C9H14N2O4S/c1-6(12)4-8-10-9(15-11-8)7-2-3-16(13,14)5-7/h6-7,12H,2-5H2,1H3. The van der Waals surface area contributed by atoms with Crippen molar-refractivity contribution in [3.63, 3.8) is 0 Å². The van der Waals surface area contributed by atoms with E-state index in [-0.39, 0.29) is 17.4 Å². The molecule has 1 saturated heterocycles. The van der Waals surface area contributed by atoms with Crippen molar-refractivity contribution in [3.05, 3.63) is 11.7 Å². The van der Waals surface area contributed by atoms with Gasteiger partial charge in [0, 0.05) is 6.42 Å². The van der Waals surface area contributed by atoms with Crippen molar-refractivity contribution in [2.45, 2.75) is 31.8 Å². The highest BCUT2D eigenvalue weighted by atomic mass is 32.2. The molecule has 6 nitrogen and oxygen atoms in total. The molecular weight excluding hydrogens is 232 g/mol. The van der Waals surface area contributed by atoms with E-state index in [0.29, 0.717) is 24.6 Å². The molecule has 1 aliphatic rings. The Kier molecular flexibility index (Phi) is 2.98. The Balaban J connectivity index is 2.08. The molecule has 2 unspecified atom stereocenters. The third-order valence-electron chi connectivity index (χ3n) is 2.54. The molecule has 1 aromatic rings. The van der Waals surface area contributed by atoms with Gasteiger partial charge in [0.15, 0.2) is 15.7 Å². The highest BCUT2D eigenvalue weighted by molar-refractivity contribution is 7.91. The van der Waals surface area contributed by atoms with E-state index in [1.807, 2.05) is 0 Å². The molecule has 0 spiro atoms. The van der Waals surface area contributed by atoms with Gasteiger partial charge in [-0.15, -0.1) is 0 Å². The molecule has 90 valence electrons. The van der Waals surface area contributed by atoms with E-state index in [1.165, 1.54) is 0 Å². The maximum atomic E-state index is 11.3. The number of hydrogen-bond donors (Lipinski definition) is 1. The molecule has 0 aliphatic carbocycles. The predicted molar refractivity (Wildman–Crippen MR) is 55.7 cm³/mol. The van der Waals surface area contributed by atoms with E-state index in [1.54, 1.807) is 6.92 Å². The lowest BCUT2D eigenvalue weighted by Gasteiger charge is -1.98. The summed E-state index contributed by atoms with van der Waals surface area (Å²) >= 11 is 0. The van der Waals surface area contributed by atoms with Gasteiger partial charge in [0.2, 0.25) is 5.89 Å². The fourth-order valence-electron chi connectivity index (χ4n) is 1.77. The van der Waals surface area contributed by atoms with Crippen LogP contribution in [0.1, 0.15) is 31.0 Å². The van der Waals surface area contributed by atoms with Crippen LogP contribution in [-0.4, -0.2) is 41.3 Å². The molecule has 0 saturated carbocycles. The van der Waals surface area contributed by atoms with E-state index in [0.717, 1.165) is 0 Å². The SMILES string of the molecule is CC(O)Cc1noc(C2CCS(=O)(=O)C2)n1. The summed E-state index contributed by atoms with van der Waals surface area (Å²) < 4.78 is 27.5. The topological polar surface area (TPSA) is 93.3 Å². The Morgan fingerprint density at radius 2 is 2.38 bits per heavy atom. The van der Waals surface area contributed by atoms with Crippen LogP contribution in [0.4, 0.5) is 0 Å². The molecule has 0 amide bonds. The summed E-state index contributed by atoms with van der Waals surface area (Å²) in [6, 6.07) is 0. The molecule has 0 bridgehead atoms. The van der Waals surface area contributed by atoms with Crippen LogP contribution in [0, 0.1) is 0 Å². The molecule has 16 heavy (non-hydrogen) atoms. The van der Waals surface area contributed by atoms with Crippen LogP contribution in [0.2, 0.25) is 0 Å². The molecule has 2 heterocycles. The first-order valence-corrected chi connectivity index (χ1v) is 6.99. The zero-order valence-electron chi connectivity index (χ0n) is 8.96. The lowest BCUT2D eigenvalue weighted by atomic mass is 10.1. The molecule has 1 N–H and O–H groups in total. The zero-order valence-corrected chi connectivity index (χ0v) is 9.77. The number of aromatic nitrogens is 2. The third kappa shape index (κ3) is 2.59. The maximum Gasteiger partial charge on any atom is 0.230 e. The number of rotatable bonds is 3. The number of aliphatic hydroxyl groups excluding tert-OH is 1. The van der Waals surface area contributed by atoms with Crippen molar-refractivity contribution >= 4 is 9.84 Å². The van der Waals surface area contributed by atoms with E-state index in [2.05, 4.69) is 10.1 Å². The van der Waals surface area contributed by atoms with Crippen LogP contribution in [0.15, 0.2) is 4.52 Å². The zero-order chi connectivity index (χ0) is 11.8. The number of aliphatic hydroxyl groups is 1. The van der Waals surface area contributed by atoms with Gasteiger partial charge in [0.1, 0.15) is 0 Å². The molecule has 2 atom stereocenters. The molecule has 0 radical (unpaired) electrons. The summed E-state index contributed by atoms with van der Waals surface area (Å²) in [6.45, 7) is 1.63. The Hall–Kier alpha value is -0.950. The Bertz CT molecular complexity index is 466. The van der Waals surface area contributed by atoms with Gasteiger partial charge in [0.05, 0.1) is 23.5 Å². The third-order valence-corrected chi connectivity index (χ3v) is 4.31. The monoisotopic (exact) mass is 246 g/mol. The lowest BCUT2D eigenvalue weighted by Crippen LogP contribution is -2.07. The molecule has 7 heteroatoms. The van der Waals surface area contributed by atoms with Gasteiger partial charge >= 0.3 is 0 Å². The van der Waals surface area contributed by atoms with Gasteiger partial charge in [-0.3, -0.25) is 0 Å². The molecule has 0 aromatic carbocycles. The smallest absolute Gasteiger partial charge is 0.230 e. The second-order valence-corrected chi connectivity index (χ2v) is 6.43. The van der Waals surface area contributed by atoms with Gasteiger partial charge in [-0.2, -0.15) is 4.98 Å². The van der Waals surface area contributed by atoms with E-state index >= 15 is 0 Å². The lowest BCUT2D eigenvalue weighted by molar-refractivity contribution is 0.191. The van der Waals surface area contributed by atoms with Crippen LogP contribution < -0.4 is 0 Å². The summed E-state index contributed by atoms with van der Waals surface area (Å²) in [4.78, 5) is 4.10. The van der Waals surface area contributed by atoms with Gasteiger partial charge in [0.25, 0.3) is 0 Å². The Morgan fingerprint density at radius 3 is 2.94 bits per heavy atom. The number of sulfone groups is 1. The highest BCUT2D eigenvalue weighted by Gasteiger charge is 2.32. The summed E-state index contributed by atoms with van der Waals surface area (Å²) in [6.07, 6.45) is 0.333. The molecule has 1 aromatic heterocycles. The van der Waals surface area contributed by atoms with Crippen LogP contribution in [0.3, 0.4) is 0 Å². The van der Waals surface area contributed by atoms with Gasteiger partial charge < -0.3 is 9.63 Å². The van der Waals surface area contributed by atoms with Gasteiger partial charge in [-0.25, -0.2) is 8.42 Å². The quantitative estimate of drug-likeness (QED) is 0.800. The normalized spacial score (nSPS) is 25.8. The maximum absolute atomic E-state index is 11.3. The first-order chi connectivity index (χ1) is 7.46. The average molecular weight is 246 g/mol. The minimum absolute atomic E-state index is 0.0866. The molecule has 1 fully saturated rings. The molecule has 2 rings (SSSR count). The second-order valence-electron chi connectivity index (χ2n) is 4.20. The van der Waals surface area contributed by atoms with Gasteiger partial charge in [-0.1, -0.05) is 5.16 Å². The van der Waals surface area contributed by atoms with Crippen LogP contribution >= 0.6 is 0 Å². The summed E-state index contributed by atoms with van der Waals surface area (Å²) in [7, 11) is -2.93. The van der Waals surface area contributed by atoms with E-state index in [4.69, 9.17) is 9.63 Å². The minimum Gasteiger partial charge on any atom is -0.393 e. The fourth-order valence-corrected chi connectivity index (χ4v) is 3.50. The van der Waals surface area contributed by atoms with Crippen LogP contribution in [-0.2, 0) is 16.3 Å². The molecular formula is C9H14N2O4S. The fraction of sp³-hybridized carbons (Fsp3) is 0.778. The highest BCUT2D eigenvalue weighted by Crippen LogP contribution is 2.27. The minimum atomic E-state index is -2.93.